The van der Waals surface area contributed by atoms with Crippen LogP contribution in [0.15, 0.2) is 42.5 Å². The summed E-state index contributed by atoms with van der Waals surface area (Å²) in [6.45, 7) is 7.89. The highest BCUT2D eigenvalue weighted by atomic mass is 32.1. The highest BCUT2D eigenvalue weighted by Gasteiger charge is 2.52. The average molecular weight is 556 g/mol. The van der Waals surface area contributed by atoms with Gasteiger partial charge in [0, 0.05) is 11.4 Å². The largest absolute Gasteiger partial charge is 0.414 e. The molecule has 2 N–H and O–H groups in total. The molecule has 2 saturated heterocycles. The van der Waals surface area contributed by atoms with Crippen LogP contribution in [0, 0.1) is 11.8 Å². The molecule has 3 heterocycles. The first-order valence-electron chi connectivity index (χ1n) is 13.5. The molecule has 2 aliphatic heterocycles. The standard InChI is InChI=1S/C29H37N3O6S/c1-17(2)14-20(30-29(37)38-25-11-10-24(39-25)19-8-6-5-7-9-19)27(35)31-13-12-21-26(31)23(34)16-32(21)28(36)22(33)15-18(3)4/h5-11,17-18,20-22,26,33H,12-16H2,1-4H3,(H,30,37). The maximum Gasteiger partial charge on any atom is 0.414 e. The van der Waals surface area contributed by atoms with Gasteiger partial charge in [-0.05, 0) is 48.8 Å². The van der Waals surface area contributed by atoms with Crippen molar-refractivity contribution in [1.82, 2.24) is 15.1 Å². The number of carbonyl (C=O) groups excluding carboxylic acids is 4. The summed E-state index contributed by atoms with van der Waals surface area (Å²) in [5, 5.41) is 13.5. The molecule has 4 unspecified atom stereocenters. The number of carbonyl (C=O) groups is 4. The Labute approximate surface area is 233 Å². The van der Waals surface area contributed by atoms with Crippen LogP contribution in [0.2, 0.25) is 0 Å². The smallest absolute Gasteiger partial charge is 0.399 e. The summed E-state index contributed by atoms with van der Waals surface area (Å²) in [6, 6.07) is 11.2. The Morgan fingerprint density at radius 2 is 1.69 bits per heavy atom. The molecule has 2 aliphatic rings. The molecule has 10 heteroatoms. The van der Waals surface area contributed by atoms with Crippen LogP contribution in [-0.4, -0.2) is 75.9 Å². The number of rotatable bonds is 9. The van der Waals surface area contributed by atoms with E-state index in [0.29, 0.717) is 30.9 Å². The van der Waals surface area contributed by atoms with Crippen LogP contribution in [0.4, 0.5) is 4.79 Å². The molecule has 0 radical (unpaired) electrons. The molecule has 0 bridgehead atoms. The molecule has 4 atom stereocenters. The lowest BCUT2D eigenvalue weighted by atomic mass is 10.0. The monoisotopic (exact) mass is 555 g/mol. The lowest BCUT2D eigenvalue weighted by Gasteiger charge is -2.29. The minimum Gasteiger partial charge on any atom is -0.399 e. The summed E-state index contributed by atoms with van der Waals surface area (Å²) >= 11 is 1.33. The van der Waals surface area contributed by atoms with E-state index in [1.54, 1.807) is 6.07 Å². The lowest BCUT2D eigenvalue weighted by molar-refractivity contribution is -0.142. The second-order valence-corrected chi connectivity index (χ2v) is 12.2. The van der Waals surface area contributed by atoms with Crippen molar-refractivity contribution in [3.8, 4) is 15.5 Å². The van der Waals surface area contributed by atoms with Gasteiger partial charge < -0.3 is 25.0 Å². The topological polar surface area (TPSA) is 116 Å². The predicted molar refractivity (Wildman–Crippen MR) is 148 cm³/mol. The molecule has 3 amide bonds. The van der Waals surface area contributed by atoms with Crippen molar-refractivity contribution < 1.29 is 29.0 Å². The molecular formula is C29H37N3O6S. The van der Waals surface area contributed by atoms with E-state index in [9.17, 15) is 24.3 Å². The summed E-state index contributed by atoms with van der Waals surface area (Å²) in [5.74, 6) is -0.845. The van der Waals surface area contributed by atoms with Gasteiger partial charge in [0.25, 0.3) is 5.91 Å². The number of aliphatic hydroxyl groups excluding tert-OH is 1. The third-order valence-electron chi connectivity index (χ3n) is 7.10. The molecule has 0 aliphatic carbocycles. The molecule has 4 rings (SSSR count). The fourth-order valence-electron chi connectivity index (χ4n) is 5.39. The number of Topliss-reactive ketones (excluding diaryl/α,β-unsaturated/α-hetero) is 1. The number of nitrogens with zero attached hydrogens (tertiary/aromatic N) is 2. The van der Waals surface area contributed by atoms with E-state index in [-0.39, 0.29) is 30.1 Å². The van der Waals surface area contributed by atoms with E-state index in [4.69, 9.17) is 4.74 Å². The van der Waals surface area contributed by atoms with Crippen LogP contribution >= 0.6 is 11.3 Å². The molecule has 9 nitrogen and oxygen atoms in total. The lowest BCUT2D eigenvalue weighted by Crippen LogP contribution is -2.53. The minimum absolute atomic E-state index is 0.0904. The van der Waals surface area contributed by atoms with Crippen LogP contribution in [0.25, 0.3) is 10.4 Å². The van der Waals surface area contributed by atoms with Gasteiger partial charge in [-0.25, -0.2) is 4.79 Å². The van der Waals surface area contributed by atoms with Gasteiger partial charge in [0.15, 0.2) is 10.8 Å². The summed E-state index contributed by atoms with van der Waals surface area (Å²) in [4.78, 5) is 56.2. The fourth-order valence-corrected chi connectivity index (χ4v) is 6.25. The van der Waals surface area contributed by atoms with Crippen LogP contribution in [0.1, 0.15) is 47.0 Å². The quantitative estimate of drug-likeness (QED) is 0.487. The second-order valence-electron chi connectivity index (χ2n) is 11.1. The molecule has 1 aromatic carbocycles. The van der Waals surface area contributed by atoms with Crippen molar-refractivity contribution >= 4 is 35.0 Å². The van der Waals surface area contributed by atoms with Gasteiger partial charge in [-0.3, -0.25) is 14.4 Å². The number of benzene rings is 1. The average Bonchev–Trinajstić information content (AvgIpc) is 3.60. The maximum atomic E-state index is 13.7. The molecule has 39 heavy (non-hydrogen) atoms. The van der Waals surface area contributed by atoms with Crippen molar-refractivity contribution in [2.45, 2.75) is 71.2 Å². The molecule has 1 aromatic heterocycles. The zero-order valence-electron chi connectivity index (χ0n) is 22.8. The first-order chi connectivity index (χ1) is 18.5. The van der Waals surface area contributed by atoms with E-state index >= 15 is 0 Å². The zero-order valence-corrected chi connectivity index (χ0v) is 23.6. The Bertz CT molecular complexity index is 1200. The van der Waals surface area contributed by atoms with Crippen molar-refractivity contribution in [2.24, 2.45) is 11.8 Å². The van der Waals surface area contributed by atoms with Crippen molar-refractivity contribution in [3.05, 3.63) is 42.5 Å². The predicted octanol–water partition coefficient (Wildman–Crippen LogP) is 3.71. The van der Waals surface area contributed by atoms with E-state index in [1.165, 1.54) is 21.1 Å². The van der Waals surface area contributed by atoms with Crippen LogP contribution in [-0.2, 0) is 14.4 Å². The number of fused-ring (bicyclic) bond motifs is 1. The van der Waals surface area contributed by atoms with Crippen molar-refractivity contribution in [3.63, 3.8) is 0 Å². The Hall–Kier alpha value is -3.24. The number of hydrogen-bond acceptors (Lipinski definition) is 7. The van der Waals surface area contributed by atoms with Gasteiger partial charge in [0.2, 0.25) is 5.91 Å². The third-order valence-corrected chi connectivity index (χ3v) is 8.11. The third kappa shape index (κ3) is 6.67. The Balaban J connectivity index is 1.42. The SMILES string of the molecule is CC(C)CC(O)C(=O)N1CC(=O)C2C1CCN2C(=O)C(CC(C)C)NC(=O)Oc1ccc(-c2ccccc2)s1. The number of ether oxygens (including phenoxy) is 1. The van der Waals surface area contributed by atoms with Crippen molar-refractivity contribution in [2.75, 3.05) is 13.1 Å². The maximum absolute atomic E-state index is 13.7. The number of aliphatic hydroxyl groups is 1. The first kappa shape index (κ1) is 28.8. The molecule has 0 saturated carbocycles. The van der Waals surface area contributed by atoms with Gasteiger partial charge >= 0.3 is 6.09 Å². The number of hydrogen-bond donors (Lipinski definition) is 2. The number of ketones is 1. The van der Waals surface area contributed by atoms with Crippen LogP contribution in [0.5, 0.6) is 5.06 Å². The first-order valence-corrected chi connectivity index (χ1v) is 14.3. The van der Waals surface area contributed by atoms with E-state index in [2.05, 4.69) is 5.32 Å². The highest BCUT2D eigenvalue weighted by Crippen LogP contribution is 2.34. The Kier molecular flexibility index (Phi) is 9.07. The van der Waals surface area contributed by atoms with Crippen molar-refractivity contribution in [1.29, 1.82) is 0 Å². The van der Waals surface area contributed by atoms with Gasteiger partial charge in [0.05, 0.1) is 12.6 Å². The number of nitrogens with one attached hydrogen (secondary N) is 1. The van der Waals surface area contributed by atoms with Gasteiger partial charge in [-0.2, -0.15) is 0 Å². The molecule has 0 spiro atoms. The summed E-state index contributed by atoms with van der Waals surface area (Å²) < 4.78 is 5.51. The molecule has 210 valence electrons. The summed E-state index contributed by atoms with van der Waals surface area (Å²) in [5.41, 5.74) is 1.01. The van der Waals surface area contributed by atoms with E-state index in [1.807, 2.05) is 64.1 Å². The van der Waals surface area contributed by atoms with E-state index < -0.39 is 36.2 Å². The normalized spacial score (nSPS) is 20.3. The summed E-state index contributed by atoms with van der Waals surface area (Å²) in [6.07, 6.45) is -0.795. The fraction of sp³-hybridized carbons (Fsp3) is 0.517. The zero-order chi connectivity index (χ0) is 28.3. The Morgan fingerprint density at radius 1 is 1.00 bits per heavy atom. The molecule has 2 aromatic rings. The minimum atomic E-state index is -1.17. The highest BCUT2D eigenvalue weighted by molar-refractivity contribution is 7.17. The number of thiophene rings is 1. The number of amides is 3. The van der Waals surface area contributed by atoms with Crippen LogP contribution < -0.4 is 10.1 Å². The van der Waals surface area contributed by atoms with Gasteiger partial charge in [0.1, 0.15) is 18.2 Å². The summed E-state index contributed by atoms with van der Waals surface area (Å²) in [7, 11) is 0. The Morgan fingerprint density at radius 3 is 2.36 bits per heavy atom. The second kappa shape index (κ2) is 12.3. The molecular weight excluding hydrogens is 518 g/mol. The van der Waals surface area contributed by atoms with Gasteiger partial charge in [-0.1, -0.05) is 69.4 Å². The van der Waals surface area contributed by atoms with E-state index in [0.717, 1.165) is 10.4 Å². The molecule has 2 fully saturated rings. The van der Waals surface area contributed by atoms with Crippen LogP contribution in [0.3, 0.4) is 0 Å². The van der Waals surface area contributed by atoms with Gasteiger partial charge in [-0.15, -0.1) is 0 Å². The number of likely N-dealkylation sites (tertiary alicyclic amines) is 2.